The second kappa shape index (κ2) is 6.47. The molecule has 5 heteroatoms. The van der Waals surface area contributed by atoms with Gasteiger partial charge in [0, 0.05) is 29.2 Å². The van der Waals surface area contributed by atoms with Crippen molar-refractivity contribution in [3.63, 3.8) is 0 Å². The van der Waals surface area contributed by atoms with Gasteiger partial charge in [0.05, 0.1) is 17.3 Å². The van der Waals surface area contributed by atoms with Crippen LogP contribution in [0.1, 0.15) is 32.1 Å². The Morgan fingerprint density at radius 1 is 1.14 bits per heavy atom. The molecule has 1 N–H and O–H groups in total. The minimum Gasteiger partial charge on any atom is -0.495 e. The number of rotatable bonds is 2. The number of halogens is 2. The lowest BCUT2D eigenvalue weighted by molar-refractivity contribution is 0.354. The van der Waals surface area contributed by atoms with Gasteiger partial charge in [0.15, 0.2) is 0 Å². The number of benzene rings is 1. The van der Waals surface area contributed by atoms with E-state index in [1.807, 2.05) is 0 Å². The van der Waals surface area contributed by atoms with Crippen LogP contribution in [-0.4, -0.2) is 32.3 Å². The Hall–Kier alpha value is -0.260. The van der Waals surface area contributed by atoms with Crippen LogP contribution in [0.3, 0.4) is 0 Å². The summed E-state index contributed by atoms with van der Waals surface area (Å²) in [5, 5.41) is 3.82. The summed E-state index contributed by atoms with van der Waals surface area (Å²) in [6.07, 6.45) is 6.49. The Balaban J connectivity index is 1.91. The zero-order valence-corrected chi connectivity index (χ0v) is 15.6. The Bertz CT molecular complexity index is 515. The van der Waals surface area contributed by atoms with Gasteiger partial charge in [-0.25, -0.2) is 0 Å². The van der Waals surface area contributed by atoms with Crippen LogP contribution in [0.2, 0.25) is 0 Å². The number of hydrogen-bond donors (Lipinski definition) is 1. The molecule has 0 radical (unpaired) electrons. The highest BCUT2D eigenvalue weighted by molar-refractivity contribution is 9.11. The first-order valence-electron chi connectivity index (χ1n) is 7.67. The lowest BCUT2D eigenvalue weighted by Crippen LogP contribution is -2.49. The Kier molecular flexibility index (Phi) is 4.81. The molecule has 0 unspecified atom stereocenters. The third-order valence-corrected chi connectivity index (χ3v) is 5.98. The molecule has 1 aromatic rings. The first kappa shape index (κ1) is 15.6. The third-order valence-electron chi connectivity index (χ3n) is 4.72. The Morgan fingerprint density at radius 2 is 1.90 bits per heavy atom. The van der Waals surface area contributed by atoms with E-state index in [9.17, 15) is 0 Å². The second-order valence-electron chi connectivity index (χ2n) is 6.13. The molecule has 1 saturated heterocycles. The van der Waals surface area contributed by atoms with E-state index >= 15 is 0 Å². The summed E-state index contributed by atoms with van der Waals surface area (Å²) in [6, 6.07) is 4.23. The molecule has 1 heterocycles. The van der Waals surface area contributed by atoms with Crippen LogP contribution in [0.15, 0.2) is 21.1 Å². The molecule has 1 aromatic carbocycles. The van der Waals surface area contributed by atoms with E-state index in [1.54, 1.807) is 7.11 Å². The molecule has 2 fully saturated rings. The molecular weight excluding hydrogens is 396 g/mol. The summed E-state index contributed by atoms with van der Waals surface area (Å²) in [6.45, 7) is 3.32. The Morgan fingerprint density at radius 3 is 2.62 bits per heavy atom. The van der Waals surface area contributed by atoms with Crippen molar-refractivity contribution < 1.29 is 4.74 Å². The van der Waals surface area contributed by atoms with Crippen LogP contribution in [-0.2, 0) is 0 Å². The normalized spacial score (nSPS) is 21.6. The molecule has 1 aliphatic carbocycles. The number of nitrogens with one attached hydrogen (secondary N) is 1. The zero-order valence-electron chi connectivity index (χ0n) is 12.4. The number of anilines is 1. The largest absolute Gasteiger partial charge is 0.495 e. The van der Waals surface area contributed by atoms with Gasteiger partial charge in [0.25, 0.3) is 0 Å². The maximum Gasteiger partial charge on any atom is 0.135 e. The predicted octanol–water partition coefficient (Wildman–Crippen LogP) is 4.33. The summed E-state index contributed by atoms with van der Waals surface area (Å²) in [5.74, 6) is 0.894. The van der Waals surface area contributed by atoms with Crippen LogP contribution < -0.4 is 15.0 Å². The second-order valence-corrected chi connectivity index (χ2v) is 7.84. The molecule has 0 aromatic heterocycles. The standard InChI is InChI=1S/C16H22Br2N2O/c1-21-15-10-14(12(17)9-13(15)18)20-8-4-7-19-16(11-20)5-2-3-6-16/h9-10,19H,2-8,11H2,1H3. The predicted molar refractivity (Wildman–Crippen MR) is 94.4 cm³/mol. The highest BCUT2D eigenvalue weighted by atomic mass is 79.9. The average Bonchev–Trinajstić information content (AvgIpc) is 2.80. The van der Waals surface area contributed by atoms with Gasteiger partial charge in [-0.05, 0) is 63.7 Å². The highest BCUT2D eigenvalue weighted by Gasteiger charge is 2.36. The molecule has 0 bridgehead atoms. The van der Waals surface area contributed by atoms with Crippen molar-refractivity contribution in [3.05, 3.63) is 21.1 Å². The summed E-state index contributed by atoms with van der Waals surface area (Å²) in [5.41, 5.74) is 1.56. The van der Waals surface area contributed by atoms with Crippen molar-refractivity contribution in [1.82, 2.24) is 5.32 Å². The fraction of sp³-hybridized carbons (Fsp3) is 0.625. The molecule has 116 valence electrons. The van der Waals surface area contributed by atoms with Crippen LogP contribution in [0.25, 0.3) is 0 Å². The van der Waals surface area contributed by atoms with Gasteiger partial charge in [-0.15, -0.1) is 0 Å². The van der Waals surface area contributed by atoms with E-state index in [4.69, 9.17) is 4.74 Å². The van der Waals surface area contributed by atoms with Gasteiger partial charge in [-0.1, -0.05) is 12.8 Å². The van der Waals surface area contributed by atoms with Gasteiger partial charge in [0.1, 0.15) is 5.75 Å². The van der Waals surface area contributed by atoms with Crippen molar-refractivity contribution in [3.8, 4) is 5.75 Å². The first-order chi connectivity index (χ1) is 10.1. The molecule has 0 amide bonds. The maximum atomic E-state index is 5.47. The Labute approximate surface area is 143 Å². The topological polar surface area (TPSA) is 24.5 Å². The van der Waals surface area contributed by atoms with Gasteiger partial charge in [-0.3, -0.25) is 0 Å². The minimum absolute atomic E-state index is 0.316. The summed E-state index contributed by atoms with van der Waals surface area (Å²) in [4.78, 5) is 2.52. The fourth-order valence-corrected chi connectivity index (χ4v) is 5.04. The molecule has 1 aliphatic heterocycles. The average molecular weight is 418 g/mol. The van der Waals surface area contributed by atoms with Crippen molar-refractivity contribution in [2.24, 2.45) is 0 Å². The highest BCUT2D eigenvalue weighted by Crippen LogP contribution is 2.39. The van der Waals surface area contributed by atoms with E-state index in [2.05, 4.69) is 54.2 Å². The van der Waals surface area contributed by atoms with E-state index in [-0.39, 0.29) is 0 Å². The molecule has 0 atom stereocenters. The number of methoxy groups -OCH3 is 1. The SMILES string of the molecule is COc1cc(N2CCCNC3(CCCC3)C2)c(Br)cc1Br. The van der Waals surface area contributed by atoms with Crippen molar-refractivity contribution in [1.29, 1.82) is 0 Å². The molecule has 2 aliphatic rings. The van der Waals surface area contributed by atoms with E-state index in [0.717, 1.165) is 34.3 Å². The van der Waals surface area contributed by atoms with E-state index in [1.165, 1.54) is 37.8 Å². The number of hydrogen-bond acceptors (Lipinski definition) is 3. The third kappa shape index (κ3) is 3.25. The van der Waals surface area contributed by atoms with Crippen LogP contribution in [0.4, 0.5) is 5.69 Å². The molecule has 1 saturated carbocycles. The van der Waals surface area contributed by atoms with Gasteiger partial charge < -0.3 is 15.0 Å². The summed E-state index contributed by atoms with van der Waals surface area (Å²) < 4.78 is 7.59. The van der Waals surface area contributed by atoms with E-state index in [0.29, 0.717) is 5.54 Å². The van der Waals surface area contributed by atoms with Crippen molar-refractivity contribution >= 4 is 37.5 Å². The van der Waals surface area contributed by atoms with Crippen LogP contribution in [0.5, 0.6) is 5.75 Å². The molecule has 3 rings (SSSR count). The number of nitrogens with zero attached hydrogens (tertiary/aromatic N) is 1. The van der Waals surface area contributed by atoms with Crippen molar-refractivity contribution in [2.45, 2.75) is 37.6 Å². The van der Waals surface area contributed by atoms with Crippen molar-refractivity contribution in [2.75, 3.05) is 31.6 Å². The number of ether oxygens (including phenoxy) is 1. The summed E-state index contributed by atoms with van der Waals surface area (Å²) >= 11 is 7.28. The maximum absolute atomic E-state index is 5.47. The quantitative estimate of drug-likeness (QED) is 0.774. The van der Waals surface area contributed by atoms with Crippen LogP contribution >= 0.6 is 31.9 Å². The fourth-order valence-electron chi connectivity index (χ4n) is 3.63. The molecule has 3 nitrogen and oxygen atoms in total. The monoisotopic (exact) mass is 416 g/mol. The minimum atomic E-state index is 0.316. The van der Waals surface area contributed by atoms with Crippen LogP contribution in [0, 0.1) is 0 Å². The molecule has 21 heavy (non-hydrogen) atoms. The van der Waals surface area contributed by atoms with E-state index < -0.39 is 0 Å². The lowest BCUT2D eigenvalue weighted by atomic mass is 9.97. The smallest absolute Gasteiger partial charge is 0.135 e. The first-order valence-corrected chi connectivity index (χ1v) is 9.25. The summed E-state index contributed by atoms with van der Waals surface area (Å²) in [7, 11) is 1.72. The zero-order chi connectivity index (χ0) is 14.9. The van der Waals surface area contributed by atoms with Gasteiger partial charge in [0.2, 0.25) is 0 Å². The van der Waals surface area contributed by atoms with Gasteiger partial charge in [-0.2, -0.15) is 0 Å². The molecular formula is C16H22Br2N2O. The molecule has 1 spiro atoms. The van der Waals surface area contributed by atoms with Gasteiger partial charge >= 0.3 is 0 Å². The lowest BCUT2D eigenvalue weighted by Gasteiger charge is -2.35.